The van der Waals surface area contributed by atoms with Gasteiger partial charge in [0.15, 0.2) is 5.69 Å². The van der Waals surface area contributed by atoms with Crippen molar-refractivity contribution in [1.82, 2.24) is 15.1 Å². The summed E-state index contributed by atoms with van der Waals surface area (Å²) >= 11 is 0. The SMILES string of the molecule is CCn1cc(NC(=O)c2ccc(-c3ccccc3)cc2)c(C(=O)NC)n1. The molecule has 6 heteroatoms. The molecule has 6 nitrogen and oxygen atoms in total. The van der Waals surface area contributed by atoms with Crippen LogP contribution in [0.2, 0.25) is 0 Å². The van der Waals surface area contributed by atoms with Crippen molar-refractivity contribution in [2.24, 2.45) is 0 Å². The van der Waals surface area contributed by atoms with Crippen LogP contribution in [0.25, 0.3) is 11.1 Å². The Morgan fingerprint density at radius 1 is 0.962 bits per heavy atom. The van der Waals surface area contributed by atoms with Crippen molar-refractivity contribution in [2.45, 2.75) is 13.5 Å². The Balaban J connectivity index is 1.80. The van der Waals surface area contributed by atoms with E-state index in [-0.39, 0.29) is 17.5 Å². The zero-order chi connectivity index (χ0) is 18.5. The van der Waals surface area contributed by atoms with Crippen LogP contribution in [0.1, 0.15) is 27.8 Å². The maximum Gasteiger partial charge on any atom is 0.273 e. The molecule has 0 atom stereocenters. The molecule has 0 saturated carbocycles. The third kappa shape index (κ3) is 3.64. The number of aromatic nitrogens is 2. The molecule has 0 aliphatic heterocycles. The molecule has 2 N–H and O–H groups in total. The number of carbonyl (C=O) groups is 2. The van der Waals surface area contributed by atoms with Gasteiger partial charge in [0.25, 0.3) is 11.8 Å². The number of rotatable bonds is 5. The number of hydrogen-bond acceptors (Lipinski definition) is 3. The molecule has 2 aromatic carbocycles. The molecule has 0 aliphatic carbocycles. The quantitative estimate of drug-likeness (QED) is 0.743. The summed E-state index contributed by atoms with van der Waals surface area (Å²) in [7, 11) is 1.53. The van der Waals surface area contributed by atoms with Gasteiger partial charge in [0.2, 0.25) is 0 Å². The second kappa shape index (κ2) is 7.65. The standard InChI is InChI=1S/C20H20N4O2/c1-3-24-13-17(18(23-24)20(26)21-2)22-19(25)16-11-9-15(10-12-16)14-7-5-4-6-8-14/h4-13H,3H2,1-2H3,(H,21,26)(H,22,25). The van der Waals surface area contributed by atoms with Gasteiger partial charge in [-0.1, -0.05) is 42.5 Å². The Morgan fingerprint density at radius 3 is 2.23 bits per heavy atom. The van der Waals surface area contributed by atoms with E-state index in [1.165, 1.54) is 7.05 Å². The lowest BCUT2D eigenvalue weighted by Crippen LogP contribution is -2.21. The zero-order valence-electron chi connectivity index (χ0n) is 14.7. The second-order valence-corrected chi connectivity index (χ2v) is 5.72. The molecule has 26 heavy (non-hydrogen) atoms. The molecule has 2 amide bonds. The highest BCUT2D eigenvalue weighted by atomic mass is 16.2. The molecule has 132 valence electrons. The predicted octanol–water partition coefficient (Wildman–Crippen LogP) is 3.18. The number of nitrogens with one attached hydrogen (secondary N) is 2. The van der Waals surface area contributed by atoms with Gasteiger partial charge in [0.1, 0.15) is 0 Å². The summed E-state index contributed by atoms with van der Waals surface area (Å²) < 4.78 is 1.61. The summed E-state index contributed by atoms with van der Waals surface area (Å²) in [5.41, 5.74) is 3.22. The minimum atomic E-state index is -0.341. The Kier molecular flexibility index (Phi) is 5.12. The van der Waals surface area contributed by atoms with Crippen molar-refractivity contribution in [3.8, 4) is 11.1 Å². The van der Waals surface area contributed by atoms with E-state index >= 15 is 0 Å². The molecule has 0 aliphatic rings. The second-order valence-electron chi connectivity index (χ2n) is 5.72. The first-order valence-corrected chi connectivity index (χ1v) is 8.38. The van der Waals surface area contributed by atoms with Crippen molar-refractivity contribution in [3.05, 3.63) is 72.1 Å². The predicted molar refractivity (Wildman–Crippen MR) is 101 cm³/mol. The Labute approximate surface area is 151 Å². The van der Waals surface area contributed by atoms with Crippen LogP contribution in [0.15, 0.2) is 60.8 Å². The van der Waals surface area contributed by atoms with E-state index < -0.39 is 0 Å². The van der Waals surface area contributed by atoms with Gasteiger partial charge in [-0.05, 0) is 30.2 Å². The summed E-state index contributed by atoms with van der Waals surface area (Å²) in [6.07, 6.45) is 1.65. The van der Waals surface area contributed by atoms with Crippen molar-refractivity contribution in [2.75, 3.05) is 12.4 Å². The van der Waals surface area contributed by atoms with E-state index in [9.17, 15) is 9.59 Å². The topological polar surface area (TPSA) is 76.0 Å². The summed E-state index contributed by atoms with van der Waals surface area (Å²) in [5.74, 6) is -0.627. The smallest absolute Gasteiger partial charge is 0.273 e. The molecule has 3 rings (SSSR count). The van der Waals surface area contributed by atoms with E-state index in [2.05, 4.69) is 15.7 Å². The average Bonchev–Trinajstić information content (AvgIpc) is 3.11. The van der Waals surface area contributed by atoms with Gasteiger partial charge in [0.05, 0.1) is 5.69 Å². The Morgan fingerprint density at radius 2 is 1.62 bits per heavy atom. The first-order valence-electron chi connectivity index (χ1n) is 8.38. The highest BCUT2D eigenvalue weighted by Crippen LogP contribution is 2.20. The van der Waals surface area contributed by atoms with Crippen LogP contribution in [0.3, 0.4) is 0 Å². The molecule has 1 aromatic heterocycles. The fraction of sp³-hybridized carbons (Fsp3) is 0.150. The molecule has 0 fully saturated rings. The van der Waals surface area contributed by atoms with Crippen LogP contribution in [0.5, 0.6) is 0 Å². The largest absolute Gasteiger partial charge is 0.354 e. The van der Waals surface area contributed by atoms with E-state index in [1.807, 2.05) is 49.4 Å². The van der Waals surface area contributed by atoms with Crippen LogP contribution < -0.4 is 10.6 Å². The van der Waals surface area contributed by atoms with Crippen molar-refractivity contribution in [1.29, 1.82) is 0 Å². The van der Waals surface area contributed by atoms with Crippen LogP contribution in [0, 0.1) is 0 Å². The van der Waals surface area contributed by atoms with Crippen molar-refractivity contribution in [3.63, 3.8) is 0 Å². The highest BCUT2D eigenvalue weighted by Gasteiger charge is 2.18. The average molecular weight is 348 g/mol. The van der Waals surface area contributed by atoms with E-state index in [4.69, 9.17) is 0 Å². The highest BCUT2D eigenvalue weighted by molar-refractivity contribution is 6.08. The number of benzene rings is 2. The monoisotopic (exact) mass is 348 g/mol. The van der Waals surface area contributed by atoms with E-state index in [0.717, 1.165) is 11.1 Å². The van der Waals surface area contributed by atoms with Crippen LogP contribution in [-0.4, -0.2) is 28.6 Å². The van der Waals surface area contributed by atoms with Gasteiger partial charge in [-0.2, -0.15) is 5.10 Å². The minimum Gasteiger partial charge on any atom is -0.354 e. The van der Waals surface area contributed by atoms with Gasteiger partial charge in [-0.25, -0.2) is 0 Å². The lowest BCUT2D eigenvalue weighted by atomic mass is 10.0. The number of amides is 2. The Hall–Kier alpha value is -3.41. The van der Waals surface area contributed by atoms with Crippen LogP contribution in [0.4, 0.5) is 5.69 Å². The summed E-state index contributed by atoms with van der Waals surface area (Å²) in [6.45, 7) is 2.51. The van der Waals surface area contributed by atoms with Crippen molar-refractivity contribution >= 4 is 17.5 Å². The van der Waals surface area contributed by atoms with Crippen molar-refractivity contribution < 1.29 is 9.59 Å². The first-order chi connectivity index (χ1) is 12.6. The zero-order valence-corrected chi connectivity index (χ0v) is 14.7. The number of carbonyl (C=O) groups excluding carboxylic acids is 2. The molecule has 0 bridgehead atoms. The fourth-order valence-corrected chi connectivity index (χ4v) is 2.60. The molecule has 0 saturated heterocycles. The van der Waals surface area contributed by atoms with Gasteiger partial charge >= 0.3 is 0 Å². The molecule has 0 spiro atoms. The third-order valence-electron chi connectivity index (χ3n) is 4.03. The number of hydrogen-bond donors (Lipinski definition) is 2. The van der Waals surface area contributed by atoms with Gasteiger partial charge in [-0.15, -0.1) is 0 Å². The van der Waals surface area contributed by atoms with Gasteiger partial charge in [-0.3, -0.25) is 14.3 Å². The van der Waals surface area contributed by atoms with Gasteiger partial charge < -0.3 is 10.6 Å². The van der Waals surface area contributed by atoms with Crippen LogP contribution >= 0.6 is 0 Å². The van der Waals surface area contributed by atoms with Gasteiger partial charge in [0, 0.05) is 25.4 Å². The number of anilines is 1. The summed E-state index contributed by atoms with van der Waals surface area (Å²) in [6, 6.07) is 17.3. The molecule has 0 radical (unpaired) electrons. The summed E-state index contributed by atoms with van der Waals surface area (Å²) in [4.78, 5) is 24.5. The molecule has 1 heterocycles. The number of nitrogens with zero attached hydrogens (tertiary/aromatic N) is 2. The maximum absolute atomic E-state index is 12.5. The maximum atomic E-state index is 12.5. The fourth-order valence-electron chi connectivity index (χ4n) is 2.60. The third-order valence-corrected chi connectivity index (χ3v) is 4.03. The van der Waals surface area contributed by atoms with E-state index in [1.54, 1.807) is 23.0 Å². The molecule has 3 aromatic rings. The first kappa shape index (κ1) is 17.4. The lowest BCUT2D eigenvalue weighted by molar-refractivity contribution is 0.0958. The molecular formula is C20H20N4O2. The normalized spacial score (nSPS) is 10.4. The number of aryl methyl sites for hydroxylation is 1. The summed E-state index contributed by atoms with van der Waals surface area (Å²) in [5, 5.41) is 9.49. The minimum absolute atomic E-state index is 0.198. The lowest BCUT2D eigenvalue weighted by Gasteiger charge is -2.06. The Bertz CT molecular complexity index is 915. The molecule has 0 unspecified atom stereocenters. The van der Waals surface area contributed by atoms with E-state index in [0.29, 0.717) is 17.8 Å². The van der Waals surface area contributed by atoms with Crippen LogP contribution in [-0.2, 0) is 6.54 Å². The molecular weight excluding hydrogens is 328 g/mol.